The summed E-state index contributed by atoms with van der Waals surface area (Å²) in [5, 5.41) is 2.55. The molecule has 5 nitrogen and oxygen atoms in total. The second kappa shape index (κ2) is 6.87. The van der Waals surface area contributed by atoms with Crippen molar-refractivity contribution in [2.24, 2.45) is 0 Å². The van der Waals surface area contributed by atoms with Crippen molar-refractivity contribution in [3.63, 3.8) is 0 Å². The number of hydrogen-bond acceptors (Lipinski definition) is 4. The van der Waals surface area contributed by atoms with Gasteiger partial charge in [-0.25, -0.2) is 9.18 Å². The third-order valence-corrected chi connectivity index (χ3v) is 3.36. The van der Waals surface area contributed by atoms with Gasteiger partial charge in [0.25, 0.3) is 5.91 Å². The maximum Gasteiger partial charge on any atom is 0.336 e. The van der Waals surface area contributed by atoms with Gasteiger partial charge in [-0.05, 0) is 38.0 Å². The van der Waals surface area contributed by atoms with Crippen LogP contribution in [0.4, 0.5) is 10.1 Å². The number of carbonyl (C=O) groups is 2. The first-order chi connectivity index (χ1) is 9.97. The fraction of sp³-hybridized carbons (Fsp3) is 0.429. The molecule has 21 heavy (non-hydrogen) atoms. The quantitative estimate of drug-likeness (QED) is 0.867. The van der Waals surface area contributed by atoms with Gasteiger partial charge in [0, 0.05) is 6.61 Å². The Morgan fingerprint density at radius 1 is 1.52 bits per heavy atom. The number of nitrogens with one attached hydrogen (secondary N) is 1. The van der Waals surface area contributed by atoms with Crippen molar-refractivity contribution >= 4 is 29.2 Å². The van der Waals surface area contributed by atoms with Crippen LogP contribution in [0.2, 0.25) is 5.02 Å². The Balaban J connectivity index is 1.91. The maximum absolute atomic E-state index is 12.9. The van der Waals surface area contributed by atoms with Crippen LogP contribution in [0.1, 0.15) is 19.8 Å². The van der Waals surface area contributed by atoms with Gasteiger partial charge >= 0.3 is 5.97 Å². The van der Waals surface area contributed by atoms with Crippen LogP contribution < -0.4 is 5.32 Å². The molecule has 1 saturated heterocycles. The zero-order valence-corrected chi connectivity index (χ0v) is 12.2. The summed E-state index contributed by atoms with van der Waals surface area (Å²) >= 11 is 5.81. The average molecular weight is 316 g/mol. The molecule has 1 aromatic carbocycles. The molecule has 0 aromatic heterocycles. The molecule has 2 rings (SSSR count). The number of esters is 1. The zero-order valence-electron chi connectivity index (χ0n) is 11.4. The summed E-state index contributed by atoms with van der Waals surface area (Å²) in [7, 11) is 0. The van der Waals surface area contributed by atoms with E-state index in [4.69, 9.17) is 21.1 Å². The summed E-state index contributed by atoms with van der Waals surface area (Å²) in [6.07, 6.45) is -0.208. The maximum atomic E-state index is 12.9. The Labute approximate surface area is 126 Å². The first kappa shape index (κ1) is 15.7. The second-order valence-corrected chi connectivity index (χ2v) is 5.10. The zero-order chi connectivity index (χ0) is 15.4. The molecule has 0 spiro atoms. The Bertz CT molecular complexity index is 546. The predicted molar refractivity (Wildman–Crippen MR) is 74.6 cm³/mol. The van der Waals surface area contributed by atoms with Gasteiger partial charge in [-0.2, -0.15) is 0 Å². The number of carbonyl (C=O) groups excluding carboxylic acids is 2. The third-order valence-electron chi connectivity index (χ3n) is 3.04. The van der Waals surface area contributed by atoms with E-state index >= 15 is 0 Å². The van der Waals surface area contributed by atoms with Gasteiger partial charge in [0.15, 0.2) is 12.2 Å². The molecule has 1 N–H and O–H groups in total. The van der Waals surface area contributed by atoms with Crippen molar-refractivity contribution < 1.29 is 23.5 Å². The van der Waals surface area contributed by atoms with Gasteiger partial charge in [0.2, 0.25) is 0 Å². The average Bonchev–Trinajstić information content (AvgIpc) is 2.95. The van der Waals surface area contributed by atoms with Crippen LogP contribution in [0, 0.1) is 5.82 Å². The number of anilines is 1. The van der Waals surface area contributed by atoms with Crippen molar-refractivity contribution in [2.75, 3.05) is 11.9 Å². The van der Waals surface area contributed by atoms with Crippen LogP contribution in [0.25, 0.3) is 0 Å². The first-order valence-corrected chi connectivity index (χ1v) is 6.93. The second-order valence-electron chi connectivity index (χ2n) is 4.69. The van der Waals surface area contributed by atoms with E-state index in [1.54, 1.807) is 0 Å². The van der Waals surface area contributed by atoms with Crippen LogP contribution in [0.15, 0.2) is 18.2 Å². The van der Waals surface area contributed by atoms with Crippen molar-refractivity contribution in [3.8, 4) is 0 Å². The van der Waals surface area contributed by atoms with Crippen molar-refractivity contribution in [3.05, 3.63) is 29.0 Å². The van der Waals surface area contributed by atoms with E-state index in [0.29, 0.717) is 13.0 Å². The molecule has 1 aliphatic rings. The van der Waals surface area contributed by atoms with Gasteiger partial charge in [-0.1, -0.05) is 11.6 Å². The van der Waals surface area contributed by atoms with Gasteiger partial charge < -0.3 is 14.8 Å². The fourth-order valence-electron chi connectivity index (χ4n) is 1.89. The number of ether oxygens (including phenoxy) is 2. The summed E-state index contributed by atoms with van der Waals surface area (Å²) in [5.74, 6) is -1.61. The third kappa shape index (κ3) is 4.15. The van der Waals surface area contributed by atoms with E-state index in [-0.39, 0.29) is 10.7 Å². The van der Waals surface area contributed by atoms with Gasteiger partial charge in [-0.3, -0.25) is 4.79 Å². The van der Waals surface area contributed by atoms with E-state index in [1.807, 2.05) is 0 Å². The molecule has 114 valence electrons. The van der Waals surface area contributed by atoms with Crippen LogP contribution in [0.5, 0.6) is 0 Å². The molecule has 1 fully saturated rings. The number of amides is 1. The molecule has 1 aromatic rings. The minimum Gasteiger partial charge on any atom is -0.451 e. The van der Waals surface area contributed by atoms with E-state index in [2.05, 4.69) is 5.32 Å². The van der Waals surface area contributed by atoms with Crippen LogP contribution in [-0.2, 0) is 19.1 Å². The normalized spacial score (nSPS) is 19.1. The highest BCUT2D eigenvalue weighted by molar-refractivity contribution is 6.33. The van der Waals surface area contributed by atoms with Crippen molar-refractivity contribution in [2.45, 2.75) is 32.0 Å². The van der Waals surface area contributed by atoms with E-state index in [1.165, 1.54) is 19.1 Å². The Hall–Kier alpha value is -1.66. The summed E-state index contributed by atoms with van der Waals surface area (Å²) in [4.78, 5) is 23.6. The first-order valence-electron chi connectivity index (χ1n) is 6.55. The Morgan fingerprint density at radius 2 is 2.29 bits per heavy atom. The number of rotatable bonds is 4. The molecule has 2 atom stereocenters. The van der Waals surface area contributed by atoms with E-state index < -0.39 is 29.9 Å². The molecule has 0 saturated carbocycles. The number of halogens is 2. The number of benzene rings is 1. The molecule has 0 bridgehead atoms. The van der Waals surface area contributed by atoms with E-state index in [9.17, 15) is 14.0 Å². The lowest BCUT2D eigenvalue weighted by molar-refractivity contribution is -0.162. The molecule has 0 aliphatic carbocycles. The molecule has 0 unspecified atom stereocenters. The van der Waals surface area contributed by atoms with Crippen LogP contribution in [-0.4, -0.2) is 30.7 Å². The largest absolute Gasteiger partial charge is 0.451 e. The Kier molecular flexibility index (Phi) is 5.14. The fourth-order valence-corrected chi connectivity index (χ4v) is 2.11. The molecule has 1 aliphatic heterocycles. The van der Waals surface area contributed by atoms with Crippen LogP contribution >= 0.6 is 11.6 Å². The lowest BCUT2D eigenvalue weighted by atomic mass is 10.2. The highest BCUT2D eigenvalue weighted by Crippen LogP contribution is 2.22. The van der Waals surface area contributed by atoms with Crippen molar-refractivity contribution in [1.82, 2.24) is 0 Å². The lowest BCUT2D eigenvalue weighted by Crippen LogP contribution is -2.34. The Morgan fingerprint density at radius 3 is 2.90 bits per heavy atom. The SMILES string of the molecule is C[C@@H](OC(=O)[C@H]1CCCO1)C(=O)Nc1ccc(F)cc1Cl. The standard InChI is InChI=1S/C14H15ClFNO4/c1-8(21-14(19)12-3-2-6-20-12)13(18)17-11-5-4-9(16)7-10(11)15/h4-5,7-8,12H,2-3,6H2,1H3,(H,17,18)/t8-,12-/m1/s1. The number of hydrogen-bond donors (Lipinski definition) is 1. The van der Waals surface area contributed by atoms with Gasteiger partial charge in [0.05, 0.1) is 10.7 Å². The highest BCUT2D eigenvalue weighted by Gasteiger charge is 2.28. The summed E-state index contributed by atoms with van der Waals surface area (Å²) in [6, 6.07) is 3.59. The molecular weight excluding hydrogens is 301 g/mol. The molecule has 1 amide bonds. The molecule has 7 heteroatoms. The molecular formula is C14H15ClFNO4. The summed E-state index contributed by atoms with van der Waals surface area (Å²) < 4.78 is 23.1. The molecule has 0 radical (unpaired) electrons. The predicted octanol–water partition coefficient (Wildman–Crippen LogP) is 2.53. The highest BCUT2D eigenvalue weighted by atomic mass is 35.5. The lowest BCUT2D eigenvalue weighted by Gasteiger charge is -2.16. The molecule has 1 heterocycles. The monoisotopic (exact) mass is 315 g/mol. The minimum atomic E-state index is -0.997. The van der Waals surface area contributed by atoms with E-state index in [0.717, 1.165) is 12.5 Å². The summed E-state index contributed by atoms with van der Waals surface area (Å²) in [5.41, 5.74) is 0.253. The van der Waals surface area contributed by atoms with Crippen molar-refractivity contribution in [1.29, 1.82) is 0 Å². The minimum absolute atomic E-state index is 0.0704. The van der Waals surface area contributed by atoms with Gasteiger partial charge in [-0.15, -0.1) is 0 Å². The summed E-state index contributed by atoms with van der Waals surface area (Å²) in [6.45, 7) is 1.96. The van der Waals surface area contributed by atoms with Gasteiger partial charge in [0.1, 0.15) is 5.82 Å². The smallest absolute Gasteiger partial charge is 0.336 e. The topological polar surface area (TPSA) is 64.6 Å². The van der Waals surface area contributed by atoms with Crippen LogP contribution in [0.3, 0.4) is 0 Å².